The van der Waals surface area contributed by atoms with Gasteiger partial charge in [0.1, 0.15) is 0 Å². The number of para-hydroxylation sites is 2. The van der Waals surface area contributed by atoms with Gasteiger partial charge in [-0.3, -0.25) is 0 Å². The van der Waals surface area contributed by atoms with Gasteiger partial charge in [-0.05, 0) is 12.1 Å². The molecule has 2 nitrogen and oxygen atoms in total. The second-order valence-electron chi connectivity index (χ2n) is 3.00. The summed E-state index contributed by atoms with van der Waals surface area (Å²) in [6, 6.07) is 13.4. The molecule has 0 aliphatic heterocycles. The van der Waals surface area contributed by atoms with Crippen LogP contribution < -0.4 is 10.2 Å². The van der Waals surface area contributed by atoms with Crippen LogP contribution in [0.1, 0.15) is 0 Å². The maximum Gasteiger partial charge on any atom is 2.00 e. The quantitative estimate of drug-likeness (QED) is 0.767. The Labute approximate surface area is 128 Å². The van der Waals surface area contributed by atoms with Gasteiger partial charge < -0.3 is 10.2 Å². The molecule has 0 amide bonds. The third-order valence-electron chi connectivity index (χ3n) is 1.92. The van der Waals surface area contributed by atoms with Crippen molar-refractivity contribution in [1.29, 1.82) is 0 Å². The van der Waals surface area contributed by atoms with E-state index in [0.29, 0.717) is 9.79 Å². The van der Waals surface area contributed by atoms with E-state index in [0.717, 1.165) is 0 Å². The Balaban J connectivity index is 0.00000128. The predicted molar refractivity (Wildman–Crippen MR) is 61.7 cm³/mol. The third-order valence-corrected chi connectivity index (χ3v) is 3.03. The standard InChI is InChI=1S/C12H10O2S.Ca/c13-9-5-1-3-7-11(9)15-12-8-4-2-6-10(12)14;/h1-8,13-14H;/q;+2/p-2. The number of benzene rings is 2. The summed E-state index contributed by atoms with van der Waals surface area (Å²) in [5.74, 6) is -0.100. The zero-order valence-electron chi connectivity index (χ0n) is 8.55. The summed E-state index contributed by atoms with van der Waals surface area (Å²) in [6.07, 6.45) is 0. The summed E-state index contributed by atoms with van der Waals surface area (Å²) >= 11 is 1.22. The van der Waals surface area contributed by atoms with E-state index in [1.807, 2.05) is 0 Å². The molecule has 0 N–H and O–H groups in total. The molecule has 0 aromatic heterocycles. The fraction of sp³-hybridized carbons (Fsp3) is 0. The molecule has 0 aliphatic carbocycles. The molecular formula is C12H8CaO2S. The van der Waals surface area contributed by atoms with E-state index in [4.69, 9.17) is 0 Å². The first-order chi connectivity index (χ1) is 7.27. The second kappa shape index (κ2) is 6.40. The van der Waals surface area contributed by atoms with Crippen LogP contribution in [0.5, 0.6) is 11.5 Å². The molecule has 4 heteroatoms. The summed E-state index contributed by atoms with van der Waals surface area (Å²) in [5, 5.41) is 22.8. The van der Waals surface area contributed by atoms with Crippen LogP contribution in [0.25, 0.3) is 0 Å². The predicted octanol–water partition coefficient (Wildman–Crippen LogP) is 1.60. The smallest absolute Gasteiger partial charge is 0.872 e. The van der Waals surface area contributed by atoms with Crippen molar-refractivity contribution < 1.29 is 10.2 Å². The van der Waals surface area contributed by atoms with Crippen LogP contribution in [0.3, 0.4) is 0 Å². The first-order valence-electron chi connectivity index (χ1n) is 4.47. The van der Waals surface area contributed by atoms with Crippen molar-refractivity contribution >= 4 is 49.5 Å². The van der Waals surface area contributed by atoms with Gasteiger partial charge in [0.05, 0.1) is 0 Å². The van der Waals surface area contributed by atoms with E-state index < -0.39 is 0 Å². The molecule has 0 fully saturated rings. The molecule has 2 aromatic rings. The van der Waals surface area contributed by atoms with Crippen molar-refractivity contribution in [2.24, 2.45) is 0 Å². The number of hydrogen-bond donors (Lipinski definition) is 0. The molecule has 0 saturated heterocycles. The van der Waals surface area contributed by atoms with Crippen LogP contribution in [0, 0.1) is 0 Å². The first-order valence-corrected chi connectivity index (χ1v) is 5.29. The molecule has 16 heavy (non-hydrogen) atoms. The molecular weight excluding hydrogens is 248 g/mol. The fourth-order valence-corrected chi connectivity index (χ4v) is 2.05. The van der Waals surface area contributed by atoms with Crippen LogP contribution in [0.2, 0.25) is 0 Å². The Morgan fingerprint density at radius 1 is 0.688 bits per heavy atom. The SMILES string of the molecule is [Ca+2].[O-]c1ccccc1Sc1ccccc1[O-]. The molecule has 2 rings (SSSR count). The minimum Gasteiger partial charge on any atom is -0.872 e. The monoisotopic (exact) mass is 256 g/mol. The summed E-state index contributed by atoms with van der Waals surface area (Å²) in [6.45, 7) is 0. The van der Waals surface area contributed by atoms with E-state index in [-0.39, 0.29) is 49.2 Å². The van der Waals surface area contributed by atoms with Gasteiger partial charge in [-0.1, -0.05) is 59.7 Å². The van der Waals surface area contributed by atoms with E-state index in [2.05, 4.69) is 0 Å². The topological polar surface area (TPSA) is 46.1 Å². The Kier molecular flexibility index (Phi) is 5.49. The van der Waals surface area contributed by atoms with Gasteiger partial charge in [0.25, 0.3) is 0 Å². The van der Waals surface area contributed by atoms with Crippen LogP contribution in [-0.4, -0.2) is 37.7 Å². The van der Waals surface area contributed by atoms with E-state index >= 15 is 0 Å². The van der Waals surface area contributed by atoms with Gasteiger partial charge in [0, 0.05) is 9.79 Å². The Morgan fingerprint density at radius 2 is 1.06 bits per heavy atom. The Morgan fingerprint density at radius 3 is 1.44 bits per heavy atom. The summed E-state index contributed by atoms with van der Waals surface area (Å²) in [5.41, 5.74) is 0. The van der Waals surface area contributed by atoms with Crippen LogP contribution in [-0.2, 0) is 0 Å². The van der Waals surface area contributed by atoms with Crippen molar-refractivity contribution in [3.8, 4) is 11.5 Å². The molecule has 0 bridgehead atoms. The Hall–Kier alpha value is -0.350. The zero-order valence-corrected chi connectivity index (χ0v) is 11.6. The van der Waals surface area contributed by atoms with Crippen molar-refractivity contribution in [3.63, 3.8) is 0 Å². The normalized spacial score (nSPS) is 9.50. The molecule has 0 atom stereocenters. The largest absolute Gasteiger partial charge is 2.00 e. The molecule has 0 heterocycles. The van der Waals surface area contributed by atoms with Crippen molar-refractivity contribution in [2.45, 2.75) is 9.79 Å². The minimum atomic E-state index is -0.0502. The molecule has 0 aliphatic rings. The van der Waals surface area contributed by atoms with Gasteiger partial charge in [-0.25, -0.2) is 0 Å². The summed E-state index contributed by atoms with van der Waals surface area (Å²) in [4.78, 5) is 1.17. The van der Waals surface area contributed by atoms with Crippen LogP contribution >= 0.6 is 11.8 Å². The maximum atomic E-state index is 11.4. The van der Waals surface area contributed by atoms with Crippen molar-refractivity contribution in [1.82, 2.24) is 0 Å². The van der Waals surface area contributed by atoms with Gasteiger partial charge in [-0.2, -0.15) is 0 Å². The average molecular weight is 256 g/mol. The van der Waals surface area contributed by atoms with Crippen LogP contribution in [0.4, 0.5) is 0 Å². The first kappa shape index (κ1) is 13.7. The summed E-state index contributed by atoms with van der Waals surface area (Å²) < 4.78 is 0. The third kappa shape index (κ3) is 3.32. The Bertz CT molecular complexity index is 431. The van der Waals surface area contributed by atoms with Crippen LogP contribution in [0.15, 0.2) is 58.3 Å². The van der Waals surface area contributed by atoms with E-state index in [1.54, 1.807) is 36.4 Å². The average Bonchev–Trinajstić information content (AvgIpc) is 2.24. The molecule has 2 aromatic carbocycles. The van der Waals surface area contributed by atoms with Crippen molar-refractivity contribution in [2.75, 3.05) is 0 Å². The molecule has 76 valence electrons. The number of hydrogen-bond acceptors (Lipinski definition) is 3. The van der Waals surface area contributed by atoms with Gasteiger partial charge in [0.2, 0.25) is 0 Å². The van der Waals surface area contributed by atoms with Gasteiger partial charge >= 0.3 is 37.7 Å². The summed E-state index contributed by atoms with van der Waals surface area (Å²) in [7, 11) is 0. The molecule has 0 saturated carbocycles. The molecule has 0 radical (unpaired) electrons. The number of rotatable bonds is 2. The van der Waals surface area contributed by atoms with Crippen molar-refractivity contribution in [3.05, 3.63) is 48.5 Å². The minimum absolute atomic E-state index is 0. The maximum absolute atomic E-state index is 11.4. The second-order valence-corrected chi connectivity index (χ2v) is 4.08. The van der Waals surface area contributed by atoms with E-state index in [9.17, 15) is 10.2 Å². The molecule has 0 spiro atoms. The van der Waals surface area contributed by atoms with E-state index in [1.165, 1.54) is 23.9 Å². The zero-order chi connectivity index (χ0) is 10.7. The van der Waals surface area contributed by atoms with Gasteiger partial charge in [-0.15, -0.1) is 0 Å². The van der Waals surface area contributed by atoms with Gasteiger partial charge in [0.15, 0.2) is 0 Å². The fourth-order valence-electron chi connectivity index (χ4n) is 1.19. The molecule has 0 unspecified atom stereocenters.